The van der Waals surface area contributed by atoms with Crippen molar-refractivity contribution in [1.29, 1.82) is 0 Å². The molecule has 1 aromatic heterocycles. The Bertz CT molecular complexity index is 242. The molecule has 0 spiro atoms. The van der Waals surface area contributed by atoms with E-state index in [1.54, 1.807) is 0 Å². The third-order valence-electron chi connectivity index (χ3n) is 1.80. The van der Waals surface area contributed by atoms with Crippen LogP contribution >= 0.6 is 0 Å². The summed E-state index contributed by atoms with van der Waals surface area (Å²) in [5.41, 5.74) is 3.80. The van der Waals surface area contributed by atoms with Gasteiger partial charge in [0.25, 0.3) is 0 Å². The Kier molecular flexibility index (Phi) is 2.31. The molecule has 11 heavy (non-hydrogen) atoms. The lowest BCUT2D eigenvalue weighted by molar-refractivity contribution is 0.492. The number of hydrogen-bond acceptors (Lipinski definition) is 3. The second-order valence-corrected chi connectivity index (χ2v) is 2.76. The van der Waals surface area contributed by atoms with E-state index in [4.69, 9.17) is 10.3 Å². The Balaban J connectivity index is 2.93. The highest BCUT2D eigenvalue weighted by Crippen LogP contribution is 2.19. The van der Waals surface area contributed by atoms with Gasteiger partial charge in [-0.25, -0.2) is 0 Å². The fourth-order valence-electron chi connectivity index (χ4n) is 1.17. The lowest BCUT2D eigenvalue weighted by Gasteiger charge is -2.06. The van der Waals surface area contributed by atoms with Crippen LogP contribution < -0.4 is 11.3 Å². The molecule has 0 saturated heterocycles. The van der Waals surface area contributed by atoms with Crippen LogP contribution in [0.1, 0.15) is 30.0 Å². The van der Waals surface area contributed by atoms with Crippen LogP contribution in [0.2, 0.25) is 0 Å². The molecular weight excluding hydrogens is 140 g/mol. The van der Waals surface area contributed by atoms with Crippen molar-refractivity contribution >= 4 is 0 Å². The maximum atomic E-state index is 5.34. The van der Waals surface area contributed by atoms with Gasteiger partial charge < -0.3 is 4.42 Å². The highest BCUT2D eigenvalue weighted by atomic mass is 16.3. The molecule has 1 unspecified atom stereocenters. The van der Waals surface area contributed by atoms with Crippen LogP contribution in [0.15, 0.2) is 10.5 Å². The first-order valence-corrected chi connectivity index (χ1v) is 3.68. The Morgan fingerprint density at radius 3 is 2.55 bits per heavy atom. The predicted molar refractivity (Wildman–Crippen MR) is 43.9 cm³/mol. The molecule has 0 aliphatic heterocycles. The van der Waals surface area contributed by atoms with E-state index in [0.717, 1.165) is 17.1 Å². The topological polar surface area (TPSA) is 51.2 Å². The highest BCUT2D eigenvalue weighted by molar-refractivity contribution is 5.23. The minimum absolute atomic E-state index is 0.160. The van der Waals surface area contributed by atoms with Gasteiger partial charge in [0.1, 0.15) is 11.5 Å². The van der Waals surface area contributed by atoms with Crippen LogP contribution in [-0.4, -0.2) is 0 Å². The second kappa shape index (κ2) is 3.07. The van der Waals surface area contributed by atoms with Crippen LogP contribution in [0.3, 0.4) is 0 Å². The number of rotatable bonds is 2. The number of hydrogen-bond donors (Lipinski definition) is 2. The van der Waals surface area contributed by atoms with Gasteiger partial charge in [-0.1, -0.05) is 0 Å². The van der Waals surface area contributed by atoms with E-state index in [1.165, 1.54) is 0 Å². The molecule has 0 fully saturated rings. The third-order valence-corrected chi connectivity index (χ3v) is 1.80. The average Bonchev–Trinajstić information content (AvgIpc) is 2.28. The second-order valence-electron chi connectivity index (χ2n) is 2.76. The standard InChI is InChI=1S/C8H14N2O/c1-5-4-8(6(2)10-9)7(3)11-5/h4,6,10H,9H2,1-3H3. The molecule has 1 atom stereocenters. The molecule has 0 aliphatic rings. The molecule has 1 rings (SSSR count). The highest BCUT2D eigenvalue weighted by Gasteiger charge is 2.09. The lowest BCUT2D eigenvalue weighted by atomic mass is 10.1. The number of hydrazine groups is 1. The summed E-state index contributed by atoms with van der Waals surface area (Å²) < 4.78 is 5.34. The van der Waals surface area contributed by atoms with Crippen molar-refractivity contribution in [2.75, 3.05) is 0 Å². The molecule has 0 aliphatic carbocycles. The molecule has 62 valence electrons. The first kappa shape index (κ1) is 8.30. The van der Waals surface area contributed by atoms with Crippen molar-refractivity contribution in [3.8, 4) is 0 Å². The summed E-state index contributed by atoms with van der Waals surface area (Å²) in [6.07, 6.45) is 0. The van der Waals surface area contributed by atoms with Gasteiger partial charge in [0.15, 0.2) is 0 Å². The maximum Gasteiger partial charge on any atom is 0.105 e. The van der Waals surface area contributed by atoms with E-state index < -0.39 is 0 Å². The van der Waals surface area contributed by atoms with E-state index >= 15 is 0 Å². The largest absolute Gasteiger partial charge is 0.466 e. The van der Waals surface area contributed by atoms with Gasteiger partial charge in [0.05, 0.1) is 0 Å². The minimum Gasteiger partial charge on any atom is -0.466 e. The van der Waals surface area contributed by atoms with Crippen molar-refractivity contribution in [2.24, 2.45) is 5.84 Å². The van der Waals surface area contributed by atoms with Crippen molar-refractivity contribution in [3.05, 3.63) is 23.2 Å². The monoisotopic (exact) mass is 154 g/mol. The van der Waals surface area contributed by atoms with Gasteiger partial charge in [0, 0.05) is 11.6 Å². The molecule has 0 bridgehead atoms. The SMILES string of the molecule is Cc1cc(C(C)NN)c(C)o1. The molecule has 1 aromatic rings. The summed E-state index contributed by atoms with van der Waals surface area (Å²) in [4.78, 5) is 0. The molecular formula is C8H14N2O. The van der Waals surface area contributed by atoms with E-state index in [-0.39, 0.29) is 6.04 Å². The first-order valence-electron chi connectivity index (χ1n) is 3.68. The lowest BCUT2D eigenvalue weighted by Crippen LogP contribution is -2.25. The van der Waals surface area contributed by atoms with Crippen LogP contribution in [0.4, 0.5) is 0 Å². The Hall–Kier alpha value is -0.800. The smallest absolute Gasteiger partial charge is 0.105 e. The van der Waals surface area contributed by atoms with E-state index in [9.17, 15) is 0 Å². The van der Waals surface area contributed by atoms with E-state index in [0.29, 0.717) is 0 Å². The Morgan fingerprint density at radius 1 is 1.55 bits per heavy atom. The van der Waals surface area contributed by atoms with E-state index in [2.05, 4.69) is 5.43 Å². The van der Waals surface area contributed by atoms with Crippen LogP contribution in [0, 0.1) is 13.8 Å². The van der Waals surface area contributed by atoms with Crippen LogP contribution in [0.5, 0.6) is 0 Å². The quantitative estimate of drug-likeness (QED) is 0.500. The zero-order chi connectivity index (χ0) is 8.43. The van der Waals surface area contributed by atoms with Gasteiger partial charge in [0.2, 0.25) is 0 Å². The molecule has 3 nitrogen and oxygen atoms in total. The summed E-state index contributed by atoms with van der Waals surface area (Å²) in [6, 6.07) is 2.16. The molecule has 3 heteroatoms. The zero-order valence-electron chi connectivity index (χ0n) is 7.14. The summed E-state index contributed by atoms with van der Waals surface area (Å²) in [5, 5.41) is 0. The van der Waals surface area contributed by atoms with Gasteiger partial charge >= 0.3 is 0 Å². The van der Waals surface area contributed by atoms with Crippen LogP contribution in [0.25, 0.3) is 0 Å². The fraction of sp³-hybridized carbons (Fsp3) is 0.500. The van der Waals surface area contributed by atoms with Crippen molar-refractivity contribution < 1.29 is 4.42 Å². The summed E-state index contributed by atoms with van der Waals surface area (Å²) >= 11 is 0. The third kappa shape index (κ3) is 1.61. The first-order chi connectivity index (χ1) is 5.15. The minimum atomic E-state index is 0.160. The summed E-state index contributed by atoms with van der Waals surface area (Å²) in [6.45, 7) is 5.87. The Labute approximate surface area is 66.5 Å². The van der Waals surface area contributed by atoms with Gasteiger partial charge in [-0.05, 0) is 26.8 Å². The molecule has 0 saturated carbocycles. The van der Waals surface area contributed by atoms with Gasteiger partial charge in [-0.2, -0.15) is 0 Å². The van der Waals surface area contributed by atoms with E-state index in [1.807, 2.05) is 26.8 Å². The fourth-order valence-corrected chi connectivity index (χ4v) is 1.17. The van der Waals surface area contributed by atoms with Gasteiger partial charge in [-0.3, -0.25) is 11.3 Å². The number of nitrogens with one attached hydrogen (secondary N) is 1. The number of furan rings is 1. The van der Waals surface area contributed by atoms with Crippen LogP contribution in [-0.2, 0) is 0 Å². The van der Waals surface area contributed by atoms with Crippen molar-refractivity contribution in [2.45, 2.75) is 26.8 Å². The number of nitrogens with two attached hydrogens (primary N) is 1. The molecule has 0 amide bonds. The van der Waals surface area contributed by atoms with Crippen molar-refractivity contribution in [1.82, 2.24) is 5.43 Å². The van der Waals surface area contributed by atoms with Crippen molar-refractivity contribution in [3.63, 3.8) is 0 Å². The Morgan fingerprint density at radius 2 is 2.18 bits per heavy atom. The molecule has 0 radical (unpaired) electrons. The number of aryl methyl sites for hydroxylation is 2. The molecule has 3 N–H and O–H groups in total. The predicted octanol–water partition coefficient (Wildman–Crippen LogP) is 1.42. The normalized spacial score (nSPS) is 13.5. The molecule has 1 heterocycles. The van der Waals surface area contributed by atoms with Gasteiger partial charge in [-0.15, -0.1) is 0 Å². The zero-order valence-corrected chi connectivity index (χ0v) is 7.14. The maximum absolute atomic E-state index is 5.34. The summed E-state index contributed by atoms with van der Waals surface area (Å²) in [7, 11) is 0. The molecule has 0 aromatic carbocycles. The summed E-state index contributed by atoms with van der Waals surface area (Å²) in [5.74, 6) is 7.16. The average molecular weight is 154 g/mol.